The van der Waals surface area contributed by atoms with E-state index in [9.17, 15) is 9.90 Å². The van der Waals surface area contributed by atoms with Crippen molar-refractivity contribution in [1.82, 2.24) is 0 Å². The van der Waals surface area contributed by atoms with E-state index in [1.165, 1.54) is 11.1 Å². The molecule has 0 heterocycles. The van der Waals surface area contributed by atoms with Crippen molar-refractivity contribution >= 4 is 34.9 Å². The Morgan fingerprint density at radius 3 is 2.37 bits per heavy atom. The van der Waals surface area contributed by atoms with Gasteiger partial charge in [0.2, 0.25) is 0 Å². The molecule has 0 aliphatic heterocycles. The van der Waals surface area contributed by atoms with Crippen LogP contribution in [0.4, 0.5) is 5.69 Å². The van der Waals surface area contributed by atoms with Gasteiger partial charge in [0, 0.05) is 48.4 Å². The lowest BCUT2D eigenvalue weighted by Crippen LogP contribution is -2.27. The fraction of sp³-hybridized carbons (Fsp3) is 0.514. The van der Waals surface area contributed by atoms with Gasteiger partial charge in [0.1, 0.15) is 11.5 Å². The van der Waals surface area contributed by atoms with Crippen molar-refractivity contribution in [3.63, 3.8) is 0 Å². The van der Waals surface area contributed by atoms with Crippen LogP contribution in [0.3, 0.4) is 0 Å². The molecule has 6 heteroatoms. The van der Waals surface area contributed by atoms with Crippen LogP contribution in [0.1, 0.15) is 88.3 Å². The first-order valence-corrected chi connectivity index (χ1v) is 16.2. The summed E-state index contributed by atoms with van der Waals surface area (Å²) >= 11 is 11.9. The van der Waals surface area contributed by atoms with Crippen molar-refractivity contribution in [3.05, 3.63) is 76.9 Å². The van der Waals surface area contributed by atoms with Gasteiger partial charge in [-0.05, 0) is 93.7 Å². The van der Waals surface area contributed by atoms with E-state index in [-0.39, 0.29) is 23.6 Å². The number of aryl methyl sites for hydroxylation is 2. The molecule has 1 aliphatic carbocycles. The Labute approximate surface area is 257 Å². The number of alkyl halides is 2. The average molecular weight is 601 g/mol. The number of aromatic hydroxyl groups is 1. The monoisotopic (exact) mass is 599 g/mol. The SMILES string of the molecule is C=C(C)[C@@H]1CCC(C)=C[C@H]1c1c(O)cc(CCCCC)cc1OC(=O)CCCc1ccc(N(CCCl)CCCl)cc1. The maximum absolute atomic E-state index is 13.1. The van der Waals surface area contributed by atoms with Crippen molar-refractivity contribution in [1.29, 1.82) is 0 Å². The number of benzene rings is 2. The maximum atomic E-state index is 13.1. The zero-order valence-corrected chi connectivity index (χ0v) is 26.6. The molecule has 2 atom stereocenters. The van der Waals surface area contributed by atoms with Gasteiger partial charge < -0.3 is 14.7 Å². The second kappa shape index (κ2) is 16.9. The lowest BCUT2D eigenvalue weighted by molar-refractivity contribution is -0.134. The number of unbranched alkanes of at least 4 members (excludes halogenated alkanes) is 2. The number of phenolic OH excluding ortho intramolecular Hbond substituents is 1. The maximum Gasteiger partial charge on any atom is 0.311 e. The predicted molar refractivity (Wildman–Crippen MR) is 174 cm³/mol. The van der Waals surface area contributed by atoms with Gasteiger partial charge in [-0.3, -0.25) is 4.79 Å². The highest BCUT2D eigenvalue weighted by molar-refractivity contribution is 6.18. The second-order valence-corrected chi connectivity index (χ2v) is 12.1. The highest BCUT2D eigenvalue weighted by Crippen LogP contribution is 2.47. The first-order chi connectivity index (χ1) is 19.8. The van der Waals surface area contributed by atoms with Crippen LogP contribution in [0.25, 0.3) is 0 Å². The zero-order chi connectivity index (χ0) is 29.8. The van der Waals surface area contributed by atoms with Crippen molar-refractivity contribution in [2.24, 2.45) is 5.92 Å². The number of esters is 1. The summed E-state index contributed by atoms with van der Waals surface area (Å²) in [4.78, 5) is 15.3. The van der Waals surface area contributed by atoms with E-state index in [0.717, 1.165) is 74.9 Å². The van der Waals surface area contributed by atoms with Crippen LogP contribution in [0.2, 0.25) is 0 Å². The van der Waals surface area contributed by atoms with Crippen LogP contribution in [0.15, 0.2) is 60.2 Å². The minimum atomic E-state index is -0.272. The zero-order valence-electron chi connectivity index (χ0n) is 25.1. The number of anilines is 1. The molecule has 0 saturated heterocycles. The molecule has 1 N–H and O–H groups in total. The molecule has 0 spiro atoms. The molecule has 1 aliphatic rings. The molecule has 224 valence electrons. The van der Waals surface area contributed by atoms with Gasteiger partial charge >= 0.3 is 5.97 Å². The molecule has 0 fully saturated rings. The first kappa shape index (κ1) is 33.1. The van der Waals surface area contributed by atoms with Gasteiger partial charge in [0.05, 0.1) is 0 Å². The number of ether oxygens (including phenoxy) is 1. The van der Waals surface area contributed by atoms with Gasteiger partial charge in [-0.2, -0.15) is 0 Å². The summed E-state index contributed by atoms with van der Waals surface area (Å²) < 4.78 is 6.04. The van der Waals surface area contributed by atoms with Crippen LogP contribution in [-0.2, 0) is 17.6 Å². The van der Waals surface area contributed by atoms with E-state index < -0.39 is 0 Å². The molecule has 2 aromatic rings. The Morgan fingerprint density at radius 2 is 1.73 bits per heavy atom. The number of carbonyl (C=O) groups excluding carboxylic acids is 1. The predicted octanol–water partition coefficient (Wildman–Crippen LogP) is 9.35. The number of carbonyl (C=O) groups is 1. The average Bonchev–Trinajstić information content (AvgIpc) is 2.93. The van der Waals surface area contributed by atoms with Gasteiger partial charge in [-0.25, -0.2) is 0 Å². The molecule has 0 radical (unpaired) electrons. The topological polar surface area (TPSA) is 49.8 Å². The lowest BCUT2D eigenvalue weighted by atomic mass is 9.73. The van der Waals surface area contributed by atoms with Crippen LogP contribution < -0.4 is 9.64 Å². The van der Waals surface area contributed by atoms with Crippen molar-refractivity contribution in [2.45, 2.75) is 84.5 Å². The van der Waals surface area contributed by atoms with Gasteiger partial charge in [-0.15, -0.1) is 23.2 Å². The summed E-state index contributed by atoms with van der Waals surface area (Å²) in [7, 11) is 0. The second-order valence-electron chi connectivity index (χ2n) is 11.4. The fourth-order valence-corrected chi connectivity index (χ4v) is 6.18. The third-order valence-corrected chi connectivity index (χ3v) is 8.38. The largest absolute Gasteiger partial charge is 0.507 e. The summed E-state index contributed by atoms with van der Waals surface area (Å²) in [6.07, 6.45) is 10.1. The Morgan fingerprint density at radius 1 is 1.05 bits per heavy atom. The van der Waals surface area contributed by atoms with E-state index >= 15 is 0 Å². The number of rotatable bonds is 16. The number of phenols is 1. The first-order valence-electron chi connectivity index (χ1n) is 15.1. The molecule has 0 saturated carbocycles. The molecular weight excluding hydrogens is 553 g/mol. The van der Waals surface area contributed by atoms with E-state index in [2.05, 4.69) is 55.7 Å². The molecule has 0 aromatic heterocycles. The molecule has 4 nitrogen and oxygen atoms in total. The van der Waals surface area contributed by atoms with Crippen molar-refractivity contribution in [2.75, 3.05) is 29.7 Å². The molecule has 0 bridgehead atoms. The van der Waals surface area contributed by atoms with E-state index in [4.69, 9.17) is 27.9 Å². The van der Waals surface area contributed by atoms with Gasteiger partial charge in [0.25, 0.3) is 0 Å². The molecule has 41 heavy (non-hydrogen) atoms. The Balaban J connectivity index is 1.73. The summed E-state index contributed by atoms with van der Waals surface area (Å²) in [6.45, 7) is 12.1. The fourth-order valence-electron chi connectivity index (χ4n) is 5.77. The van der Waals surface area contributed by atoms with Crippen LogP contribution >= 0.6 is 23.2 Å². The third kappa shape index (κ3) is 9.82. The lowest BCUT2D eigenvalue weighted by Gasteiger charge is -2.32. The third-order valence-electron chi connectivity index (χ3n) is 8.04. The smallest absolute Gasteiger partial charge is 0.311 e. The summed E-state index contributed by atoms with van der Waals surface area (Å²) in [5.41, 5.74) is 6.35. The number of nitrogens with zero attached hydrogens (tertiary/aromatic N) is 1. The van der Waals surface area contributed by atoms with Crippen LogP contribution in [0, 0.1) is 5.92 Å². The van der Waals surface area contributed by atoms with E-state index in [0.29, 0.717) is 35.9 Å². The molecule has 3 rings (SSSR count). The number of halogens is 2. The summed E-state index contributed by atoms with van der Waals surface area (Å²) in [5, 5.41) is 11.3. The van der Waals surface area contributed by atoms with E-state index in [1.54, 1.807) is 0 Å². The van der Waals surface area contributed by atoms with Crippen molar-refractivity contribution < 1.29 is 14.6 Å². The number of hydrogen-bond donors (Lipinski definition) is 1. The van der Waals surface area contributed by atoms with Gasteiger partial charge in [-0.1, -0.05) is 55.7 Å². The number of allylic oxidation sites excluding steroid dienone is 3. The minimum absolute atomic E-state index is 0.0653. The highest BCUT2D eigenvalue weighted by atomic mass is 35.5. The highest BCUT2D eigenvalue weighted by Gasteiger charge is 2.31. The molecule has 2 aromatic carbocycles. The Kier molecular flexibility index (Phi) is 13.6. The normalized spacial score (nSPS) is 16.8. The molecular formula is C35H47Cl2NO3. The van der Waals surface area contributed by atoms with Crippen molar-refractivity contribution in [3.8, 4) is 11.5 Å². The van der Waals surface area contributed by atoms with Crippen LogP contribution in [-0.4, -0.2) is 35.9 Å². The number of hydrogen-bond acceptors (Lipinski definition) is 4. The van der Waals surface area contributed by atoms with Gasteiger partial charge in [0.15, 0.2) is 0 Å². The summed E-state index contributed by atoms with van der Waals surface area (Å²) in [6, 6.07) is 12.2. The Hall–Kier alpha value is -2.43. The standard InChI is InChI=1S/C35H47Cl2NO3/c1-5-6-7-9-28-23-32(39)35(31-22-26(4)12-17-30(31)25(2)3)33(24-28)41-34(40)11-8-10-27-13-15-29(16-14-27)38(20-18-36)21-19-37/h13-16,22-24,30-31,39H,2,5-12,17-21H2,1,3-4H3/t30-,31+/m0/s1. The molecule has 0 amide bonds. The van der Waals surface area contributed by atoms with Crippen LogP contribution in [0.5, 0.6) is 11.5 Å². The minimum Gasteiger partial charge on any atom is -0.507 e. The van der Waals surface area contributed by atoms with E-state index in [1.807, 2.05) is 19.1 Å². The summed E-state index contributed by atoms with van der Waals surface area (Å²) in [5.74, 6) is 1.66. The molecule has 0 unspecified atom stereocenters. The quantitative estimate of drug-likeness (QED) is 0.0686. The Bertz CT molecular complexity index is 1170.